The summed E-state index contributed by atoms with van der Waals surface area (Å²) >= 11 is 4.99. The molecule has 0 aromatic heterocycles. The summed E-state index contributed by atoms with van der Waals surface area (Å²) in [6.07, 6.45) is 1.34. The number of hydrogen-bond donors (Lipinski definition) is 0. The SMILES string of the molecule is C=COC(=S)c1cccc(C)c1. The van der Waals surface area contributed by atoms with Crippen LogP contribution >= 0.6 is 12.2 Å². The molecule has 1 aromatic carbocycles. The first kappa shape index (κ1) is 8.94. The molecule has 1 aromatic rings. The van der Waals surface area contributed by atoms with Gasteiger partial charge in [0.15, 0.2) is 5.05 Å². The van der Waals surface area contributed by atoms with Gasteiger partial charge in [-0.15, -0.1) is 0 Å². The van der Waals surface area contributed by atoms with Crippen molar-refractivity contribution >= 4 is 17.3 Å². The zero-order chi connectivity index (χ0) is 8.97. The molecular formula is C10H10OS. The standard InChI is InChI=1S/C10H10OS/c1-3-11-10(12)9-6-4-5-8(2)7-9/h3-7H,1H2,2H3. The molecule has 0 amide bonds. The number of aryl methyl sites for hydroxylation is 1. The van der Waals surface area contributed by atoms with E-state index in [4.69, 9.17) is 17.0 Å². The first-order valence-corrected chi connectivity index (χ1v) is 4.03. The highest BCUT2D eigenvalue weighted by Crippen LogP contribution is 2.06. The molecule has 0 aliphatic rings. The molecule has 0 atom stereocenters. The molecule has 0 spiro atoms. The van der Waals surface area contributed by atoms with Crippen LogP contribution in [0.5, 0.6) is 0 Å². The number of thiocarbonyl (C=S) groups is 1. The van der Waals surface area contributed by atoms with Crippen LogP contribution in [0.4, 0.5) is 0 Å². The molecule has 0 bridgehead atoms. The molecule has 2 heteroatoms. The van der Waals surface area contributed by atoms with Gasteiger partial charge >= 0.3 is 0 Å². The summed E-state index contributed by atoms with van der Waals surface area (Å²) in [5.74, 6) is 0. The summed E-state index contributed by atoms with van der Waals surface area (Å²) in [6, 6.07) is 7.86. The zero-order valence-electron chi connectivity index (χ0n) is 6.91. The Morgan fingerprint density at radius 3 is 2.92 bits per heavy atom. The first-order valence-electron chi connectivity index (χ1n) is 3.62. The maximum atomic E-state index is 4.99. The summed E-state index contributed by atoms with van der Waals surface area (Å²) in [7, 11) is 0. The summed E-state index contributed by atoms with van der Waals surface area (Å²) in [4.78, 5) is 0. The third-order valence-corrected chi connectivity index (χ3v) is 1.78. The summed E-state index contributed by atoms with van der Waals surface area (Å²) in [6.45, 7) is 5.45. The van der Waals surface area contributed by atoms with E-state index in [1.807, 2.05) is 31.2 Å². The van der Waals surface area contributed by atoms with Crippen LogP contribution in [0, 0.1) is 6.92 Å². The molecule has 1 rings (SSSR count). The van der Waals surface area contributed by atoms with Crippen LogP contribution < -0.4 is 0 Å². The predicted octanol–water partition coefficient (Wildman–Crippen LogP) is 2.83. The minimum atomic E-state index is 0.466. The third-order valence-electron chi connectivity index (χ3n) is 1.44. The Labute approximate surface area is 77.7 Å². The zero-order valence-corrected chi connectivity index (χ0v) is 7.73. The van der Waals surface area contributed by atoms with Gasteiger partial charge in [-0.2, -0.15) is 0 Å². The largest absolute Gasteiger partial charge is 0.453 e. The van der Waals surface area contributed by atoms with Gasteiger partial charge in [-0.3, -0.25) is 0 Å². The number of rotatable bonds is 2. The van der Waals surface area contributed by atoms with Crippen molar-refractivity contribution in [3.63, 3.8) is 0 Å². The van der Waals surface area contributed by atoms with Crippen LogP contribution in [0.1, 0.15) is 11.1 Å². The Hall–Kier alpha value is -1.15. The molecule has 12 heavy (non-hydrogen) atoms. The number of benzene rings is 1. The van der Waals surface area contributed by atoms with Gasteiger partial charge in [0.1, 0.15) is 0 Å². The fourth-order valence-electron chi connectivity index (χ4n) is 0.916. The van der Waals surface area contributed by atoms with Crippen molar-refractivity contribution in [3.05, 3.63) is 48.2 Å². The van der Waals surface area contributed by atoms with Crippen molar-refractivity contribution in [3.8, 4) is 0 Å². The molecule has 62 valence electrons. The van der Waals surface area contributed by atoms with Gasteiger partial charge in [0.25, 0.3) is 0 Å². The van der Waals surface area contributed by atoms with Crippen molar-refractivity contribution in [2.45, 2.75) is 6.92 Å². The molecule has 0 saturated carbocycles. The lowest BCUT2D eigenvalue weighted by Crippen LogP contribution is -1.98. The van der Waals surface area contributed by atoms with E-state index in [0.717, 1.165) is 5.56 Å². The summed E-state index contributed by atoms with van der Waals surface area (Å²) in [5.41, 5.74) is 2.09. The van der Waals surface area contributed by atoms with Crippen LogP contribution in [-0.4, -0.2) is 5.05 Å². The molecule has 0 fully saturated rings. The maximum absolute atomic E-state index is 4.99. The minimum Gasteiger partial charge on any atom is -0.453 e. The Kier molecular flexibility index (Phi) is 3.00. The van der Waals surface area contributed by atoms with Gasteiger partial charge in [0, 0.05) is 5.56 Å². The molecule has 0 aliphatic heterocycles. The van der Waals surface area contributed by atoms with Gasteiger partial charge in [-0.1, -0.05) is 30.3 Å². The van der Waals surface area contributed by atoms with Crippen LogP contribution in [-0.2, 0) is 4.74 Å². The lowest BCUT2D eigenvalue weighted by atomic mass is 10.1. The Morgan fingerprint density at radius 1 is 1.58 bits per heavy atom. The lowest BCUT2D eigenvalue weighted by molar-refractivity contribution is 0.489. The van der Waals surface area contributed by atoms with Gasteiger partial charge < -0.3 is 4.74 Å². The van der Waals surface area contributed by atoms with E-state index in [-0.39, 0.29) is 0 Å². The molecule has 1 nitrogen and oxygen atoms in total. The third kappa shape index (κ3) is 2.17. The fraction of sp³-hybridized carbons (Fsp3) is 0.100. The van der Waals surface area contributed by atoms with E-state index in [2.05, 4.69) is 6.58 Å². The van der Waals surface area contributed by atoms with Crippen molar-refractivity contribution in [2.75, 3.05) is 0 Å². The van der Waals surface area contributed by atoms with Crippen molar-refractivity contribution in [1.82, 2.24) is 0 Å². The van der Waals surface area contributed by atoms with Crippen LogP contribution in [0.25, 0.3) is 0 Å². The second-order valence-corrected chi connectivity index (χ2v) is 2.81. The van der Waals surface area contributed by atoms with E-state index >= 15 is 0 Å². The van der Waals surface area contributed by atoms with E-state index in [0.29, 0.717) is 5.05 Å². The minimum absolute atomic E-state index is 0.466. The smallest absolute Gasteiger partial charge is 0.197 e. The van der Waals surface area contributed by atoms with E-state index in [9.17, 15) is 0 Å². The Balaban J connectivity index is 2.87. The van der Waals surface area contributed by atoms with Crippen molar-refractivity contribution in [1.29, 1.82) is 0 Å². The molecular weight excluding hydrogens is 168 g/mol. The summed E-state index contributed by atoms with van der Waals surface area (Å²) < 4.78 is 4.98. The van der Waals surface area contributed by atoms with Crippen LogP contribution in [0.3, 0.4) is 0 Å². The van der Waals surface area contributed by atoms with Crippen molar-refractivity contribution < 1.29 is 4.74 Å². The normalized spacial score (nSPS) is 9.08. The Bertz CT molecular complexity index is 304. The van der Waals surface area contributed by atoms with Crippen molar-refractivity contribution in [2.24, 2.45) is 0 Å². The average Bonchev–Trinajstić information content (AvgIpc) is 2.05. The lowest BCUT2D eigenvalue weighted by Gasteiger charge is -2.02. The molecule has 0 saturated heterocycles. The first-order chi connectivity index (χ1) is 5.74. The topological polar surface area (TPSA) is 9.23 Å². The predicted molar refractivity (Wildman–Crippen MR) is 54.2 cm³/mol. The summed E-state index contributed by atoms with van der Waals surface area (Å²) in [5, 5.41) is 0.466. The highest BCUT2D eigenvalue weighted by Gasteiger charge is 1.99. The van der Waals surface area contributed by atoms with E-state index < -0.39 is 0 Å². The number of ether oxygens (including phenoxy) is 1. The van der Waals surface area contributed by atoms with Gasteiger partial charge in [0.2, 0.25) is 0 Å². The van der Waals surface area contributed by atoms with Crippen LogP contribution in [0.2, 0.25) is 0 Å². The van der Waals surface area contributed by atoms with Gasteiger partial charge in [-0.05, 0) is 25.2 Å². The second kappa shape index (κ2) is 4.02. The van der Waals surface area contributed by atoms with Gasteiger partial charge in [-0.25, -0.2) is 0 Å². The molecule has 0 radical (unpaired) electrons. The highest BCUT2D eigenvalue weighted by molar-refractivity contribution is 7.80. The molecule has 0 aliphatic carbocycles. The maximum Gasteiger partial charge on any atom is 0.197 e. The molecule has 0 heterocycles. The quantitative estimate of drug-likeness (QED) is 0.508. The monoisotopic (exact) mass is 178 g/mol. The van der Waals surface area contributed by atoms with Crippen LogP contribution in [0.15, 0.2) is 37.1 Å². The van der Waals surface area contributed by atoms with E-state index in [1.54, 1.807) is 0 Å². The molecule has 0 unspecified atom stereocenters. The Morgan fingerprint density at radius 2 is 2.33 bits per heavy atom. The second-order valence-electron chi connectivity index (χ2n) is 2.44. The number of hydrogen-bond acceptors (Lipinski definition) is 2. The van der Waals surface area contributed by atoms with Gasteiger partial charge in [0.05, 0.1) is 6.26 Å². The highest BCUT2D eigenvalue weighted by atomic mass is 32.1. The van der Waals surface area contributed by atoms with E-state index in [1.165, 1.54) is 11.8 Å². The fourth-order valence-corrected chi connectivity index (χ4v) is 1.11. The molecule has 0 N–H and O–H groups in total. The average molecular weight is 178 g/mol.